The lowest BCUT2D eigenvalue weighted by Gasteiger charge is -2.17. The van der Waals surface area contributed by atoms with Gasteiger partial charge in [-0.2, -0.15) is 0 Å². The van der Waals surface area contributed by atoms with Gasteiger partial charge in [-0.1, -0.05) is 169 Å². The maximum absolute atomic E-state index is 9.76. The molecular weight excluding hydrogens is 553 g/mol. The van der Waals surface area contributed by atoms with E-state index >= 15 is 0 Å². The van der Waals surface area contributed by atoms with Crippen LogP contribution < -0.4 is 0 Å². The van der Waals surface area contributed by atoms with Crippen LogP contribution in [-0.4, -0.2) is 20.3 Å². The second kappa shape index (κ2) is 30.8. The summed E-state index contributed by atoms with van der Waals surface area (Å²) in [5.41, 5.74) is 0. The molecule has 2 nitrogen and oxygen atoms in total. The minimum absolute atomic E-state index is 0.208. The second-order valence-electron chi connectivity index (χ2n) is 13.7. The molecule has 0 spiro atoms. The van der Waals surface area contributed by atoms with E-state index in [2.05, 4.69) is 27.7 Å². The van der Waals surface area contributed by atoms with Crippen LogP contribution in [0.5, 0.6) is 0 Å². The summed E-state index contributed by atoms with van der Waals surface area (Å²) in [6.45, 7) is 9.29. The lowest BCUT2D eigenvalue weighted by atomic mass is 9.89. The first-order valence-corrected chi connectivity index (χ1v) is 19.6. The molecule has 0 amide bonds. The molecule has 0 heterocycles. The molecule has 0 aliphatic heterocycles. The fourth-order valence-electron chi connectivity index (χ4n) is 6.94. The van der Waals surface area contributed by atoms with Crippen molar-refractivity contribution in [3.8, 4) is 0 Å². The fraction of sp³-hybridized carbons (Fsp3) is 0.947. The van der Waals surface area contributed by atoms with Gasteiger partial charge < -0.3 is 10.2 Å². The van der Waals surface area contributed by atoms with Crippen molar-refractivity contribution in [1.29, 1.82) is 0 Å². The molecule has 0 saturated carbocycles. The van der Waals surface area contributed by atoms with E-state index in [1.54, 1.807) is 0 Å². The van der Waals surface area contributed by atoms with Crippen molar-refractivity contribution < 1.29 is 10.2 Å². The monoisotopic (exact) mass is 627 g/mol. The lowest BCUT2D eigenvalue weighted by molar-refractivity contribution is 0.371. The van der Waals surface area contributed by atoms with Crippen molar-refractivity contribution in [3.05, 3.63) is 0 Å². The molecule has 0 fully saturated rings. The summed E-state index contributed by atoms with van der Waals surface area (Å²) >= 11 is 10.1. The number of unbranched alkanes of at least 4 members (excludes halogenated alkanes) is 11. The average Bonchev–Trinajstić information content (AvgIpc) is 2.96. The van der Waals surface area contributed by atoms with Crippen LogP contribution in [0.25, 0.3) is 0 Å². The van der Waals surface area contributed by atoms with Crippen molar-refractivity contribution in [3.63, 3.8) is 0 Å². The van der Waals surface area contributed by atoms with Gasteiger partial charge in [-0.05, 0) is 73.8 Å². The van der Waals surface area contributed by atoms with Crippen molar-refractivity contribution in [2.75, 3.05) is 0 Å². The molecule has 0 rings (SSSR count). The van der Waals surface area contributed by atoms with Gasteiger partial charge in [-0.3, -0.25) is 0 Å². The molecule has 4 atom stereocenters. The predicted molar refractivity (Wildman–Crippen MR) is 196 cm³/mol. The maximum Gasteiger partial charge on any atom is 0.156 e. The van der Waals surface area contributed by atoms with E-state index in [4.69, 9.17) is 24.4 Å². The van der Waals surface area contributed by atoms with Gasteiger partial charge >= 0.3 is 0 Å². The fourth-order valence-corrected chi connectivity index (χ4v) is 7.41. The Hall–Kier alpha value is -0.220. The maximum atomic E-state index is 9.76. The molecule has 4 heteroatoms. The van der Waals surface area contributed by atoms with Crippen molar-refractivity contribution in [2.45, 2.75) is 207 Å². The van der Waals surface area contributed by atoms with Crippen molar-refractivity contribution >= 4 is 34.5 Å². The zero-order chi connectivity index (χ0) is 31.3. The van der Waals surface area contributed by atoms with Crippen LogP contribution in [0.2, 0.25) is 0 Å². The summed E-state index contributed by atoms with van der Waals surface area (Å²) in [5, 5.41) is 19.9. The van der Waals surface area contributed by atoms with E-state index in [9.17, 15) is 10.2 Å². The number of aliphatic hydroxyl groups is 2. The van der Waals surface area contributed by atoms with Gasteiger partial charge in [0.05, 0.1) is 0 Å². The van der Waals surface area contributed by atoms with Gasteiger partial charge in [0.2, 0.25) is 0 Å². The Morgan fingerprint density at radius 3 is 0.881 bits per heavy atom. The van der Waals surface area contributed by atoms with E-state index in [0.717, 1.165) is 24.7 Å². The molecule has 0 bridgehead atoms. The highest BCUT2D eigenvalue weighted by Gasteiger charge is 2.13. The molecule has 0 radical (unpaired) electrons. The quantitative estimate of drug-likeness (QED) is 0.0561. The summed E-state index contributed by atoms with van der Waals surface area (Å²) < 4.78 is 0. The van der Waals surface area contributed by atoms with Crippen LogP contribution >= 0.6 is 24.4 Å². The summed E-state index contributed by atoms with van der Waals surface area (Å²) in [6.07, 6.45) is 35.7. The van der Waals surface area contributed by atoms with E-state index in [1.807, 2.05) is 0 Å². The van der Waals surface area contributed by atoms with Gasteiger partial charge in [-0.15, -0.1) is 0 Å². The summed E-state index contributed by atoms with van der Waals surface area (Å²) in [4.78, 5) is 0. The first kappa shape index (κ1) is 41.8. The van der Waals surface area contributed by atoms with Crippen LogP contribution in [0, 0.1) is 23.7 Å². The number of aliphatic hydroxyl groups excluding tert-OH is 2. The molecule has 250 valence electrons. The molecular formula is C38H74O2S2. The minimum Gasteiger partial charge on any atom is -0.502 e. The Balaban J connectivity index is 4.05. The van der Waals surface area contributed by atoms with E-state index in [-0.39, 0.29) is 10.1 Å². The van der Waals surface area contributed by atoms with Crippen molar-refractivity contribution in [2.24, 2.45) is 23.7 Å². The third-order valence-corrected chi connectivity index (χ3v) is 10.3. The van der Waals surface area contributed by atoms with Crippen LogP contribution in [0.4, 0.5) is 0 Å². The molecule has 0 aliphatic rings. The Morgan fingerprint density at radius 2 is 0.619 bits per heavy atom. The summed E-state index contributed by atoms with van der Waals surface area (Å²) in [7, 11) is 0. The number of hydrogen-bond donors (Lipinski definition) is 2. The minimum atomic E-state index is 0.208. The van der Waals surface area contributed by atoms with Crippen LogP contribution in [0.1, 0.15) is 207 Å². The Morgan fingerprint density at radius 1 is 0.381 bits per heavy atom. The first-order chi connectivity index (χ1) is 20.4. The lowest BCUT2D eigenvalue weighted by Crippen LogP contribution is -2.07. The topological polar surface area (TPSA) is 40.5 Å². The molecule has 42 heavy (non-hydrogen) atoms. The van der Waals surface area contributed by atoms with E-state index < -0.39 is 0 Å². The smallest absolute Gasteiger partial charge is 0.156 e. The Bertz CT molecular complexity index is 556. The van der Waals surface area contributed by atoms with E-state index in [0.29, 0.717) is 11.8 Å². The normalized spacial score (nSPS) is 14.5. The number of rotatable bonds is 33. The van der Waals surface area contributed by atoms with Gasteiger partial charge in [0.1, 0.15) is 0 Å². The Kier molecular flexibility index (Phi) is 30.6. The molecule has 0 aromatic rings. The number of hydrogen-bond acceptors (Lipinski definition) is 2. The average molecular weight is 627 g/mol. The molecule has 4 unspecified atom stereocenters. The third kappa shape index (κ3) is 27.3. The van der Waals surface area contributed by atoms with Crippen LogP contribution in [0.15, 0.2) is 0 Å². The molecule has 2 N–H and O–H groups in total. The standard InChI is InChI=1S/C38H74O2S2/c1-5-9-23-33(7-3)25-19-15-21-29-35(31-37(39)41)27-17-13-11-12-14-18-28-36(32-38(40)42)30-22-16-20-26-34(8-4)24-10-6-2/h33-36H,5-32H2,1-4H3,(H,39,41)(H,40,42). The SMILES string of the molecule is CCCCC(CC)CCCCCC(CCCCCCCCC(CCCCCC(CC)CCCC)CC(O)=S)CC(O)=S. The first-order valence-electron chi connectivity index (χ1n) is 18.8. The molecule has 0 saturated heterocycles. The Labute approximate surface area is 275 Å². The van der Waals surface area contributed by atoms with Gasteiger partial charge in [-0.25, -0.2) is 0 Å². The molecule has 0 aromatic carbocycles. The zero-order valence-corrected chi connectivity index (χ0v) is 30.5. The second-order valence-corrected chi connectivity index (χ2v) is 14.7. The highest BCUT2D eigenvalue weighted by molar-refractivity contribution is 7.80. The predicted octanol–water partition coefficient (Wildman–Crippen LogP) is 14.2. The summed E-state index contributed by atoms with van der Waals surface area (Å²) in [5.74, 6) is 2.98. The van der Waals surface area contributed by atoms with Crippen LogP contribution in [0.3, 0.4) is 0 Å². The molecule has 0 aromatic heterocycles. The van der Waals surface area contributed by atoms with E-state index in [1.165, 1.54) is 167 Å². The largest absolute Gasteiger partial charge is 0.502 e. The van der Waals surface area contributed by atoms with Gasteiger partial charge in [0.15, 0.2) is 10.1 Å². The van der Waals surface area contributed by atoms with Crippen LogP contribution in [-0.2, 0) is 0 Å². The number of thiocarbonyl (C=S) groups is 2. The van der Waals surface area contributed by atoms with Gasteiger partial charge in [0, 0.05) is 12.8 Å². The van der Waals surface area contributed by atoms with Gasteiger partial charge in [0.25, 0.3) is 0 Å². The summed E-state index contributed by atoms with van der Waals surface area (Å²) in [6, 6.07) is 0. The third-order valence-electron chi connectivity index (χ3n) is 9.94. The zero-order valence-electron chi connectivity index (χ0n) is 28.8. The highest BCUT2D eigenvalue weighted by atomic mass is 32.1. The van der Waals surface area contributed by atoms with Crippen molar-refractivity contribution in [1.82, 2.24) is 0 Å². The highest BCUT2D eigenvalue weighted by Crippen LogP contribution is 2.26. The molecule has 0 aliphatic carbocycles.